The molecule has 2 aromatic carbocycles. The number of benzene rings is 2. The fourth-order valence-electron chi connectivity index (χ4n) is 1.90. The van der Waals surface area contributed by atoms with Crippen LogP contribution in [0.25, 0.3) is 0 Å². The molecular weight excluding hydrogens is 338 g/mol. The highest BCUT2D eigenvalue weighted by Gasteiger charge is 2.12. The zero-order valence-corrected chi connectivity index (χ0v) is 13.6. The van der Waals surface area contributed by atoms with Crippen LogP contribution in [-0.4, -0.2) is 6.04 Å². The van der Waals surface area contributed by atoms with E-state index < -0.39 is 0 Å². The van der Waals surface area contributed by atoms with Crippen molar-refractivity contribution < 1.29 is 4.74 Å². The van der Waals surface area contributed by atoms with E-state index in [0.29, 0.717) is 10.8 Å². The third kappa shape index (κ3) is 3.98. The van der Waals surface area contributed by atoms with Gasteiger partial charge >= 0.3 is 0 Å². The van der Waals surface area contributed by atoms with Crippen LogP contribution >= 0.6 is 27.5 Å². The maximum atomic E-state index is 6.27. The maximum absolute atomic E-state index is 6.27. The second-order valence-corrected chi connectivity index (χ2v) is 5.98. The van der Waals surface area contributed by atoms with Crippen molar-refractivity contribution in [1.29, 1.82) is 0 Å². The van der Waals surface area contributed by atoms with Gasteiger partial charge in [0.2, 0.25) is 0 Å². The zero-order chi connectivity index (χ0) is 14.5. The van der Waals surface area contributed by atoms with Crippen LogP contribution in [0.1, 0.15) is 18.9 Å². The van der Waals surface area contributed by atoms with Gasteiger partial charge in [0.15, 0.2) is 0 Å². The highest BCUT2D eigenvalue weighted by molar-refractivity contribution is 9.10. The van der Waals surface area contributed by atoms with Crippen LogP contribution in [0.3, 0.4) is 0 Å². The predicted octanol–water partition coefficient (Wildman–Crippen LogP) is 5.17. The summed E-state index contributed by atoms with van der Waals surface area (Å²) in [4.78, 5) is 0. The monoisotopic (exact) mass is 353 g/mol. The summed E-state index contributed by atoms with van der Waals surface area (Å²) in [7, 11) is 0. The molecular formula is C16H17BrClNO. The van der Waals surface area contributed by atoms with Crippen molar-refractivity contribution in [2.75, 3.05) is 0 Å². The van der Waals surface area contributed by atoms with Crippen molar-refractivity contribution in [3.05, 3.63) is 57.5 Å². The molecule has 0 heterocycles. The van der Waals surface area contributed by atoms with Gasteiger partial charge in [-0.25, -0.2) is 0 Å². The first-order valence-corrected chi connectivity index (χ1v) is 7.73. The van der Waals surface area contributed by atoms with E-state index in [1.165, 1.54) is 0 Å². The van der Waals surface area contributed by atoms with Crippen LogP contribution in [-0.2, 0) is 6.42 Å². The third-order valence-corrected chi connectivity index (χ3v) is 3.86. The molecule has 106 valence electrons. The van der Waals surface area contributed by atoms with Crippen LogP contribution in [0.2, 0.25) is 5.02 Å². The molecule has 0 radical (unpaired) electrons. The van der Waals surface area contributed by atoms with Crippen LogP contribution < -0.4 is 10.5 Å². The van der Waals surface area contributed by atoms with Crippen molar-refractivity contribution in [3.8, 4) is 11.5 Å². The molecule has 0 spiro atoms. The third-order valence-electron chi connectivity index (χ3n) is 3.07. The Bertz CT molecular complexity index is 588. The molecule has 0 aromatic heterocycles. The van der Waals surface area contributed by atoms with Crippen molar-refractivity contribution >= 4 is 27.5 Å². The average Bonchev–Trinajstić information content (AvgIpc) is 2.42. The second-order valence-electron chi connectivity index (χ2n) is 4.66. The first kappa shape index (κ1) is 15.4. The summed E-state index contributed by atoms with van der Waals surface area (Å²) in [5.41, 5.74) is 7.07. The van der Waals surface area contributed by atoms with E-state index in [2.05, 4.69) is 22.9 Å². The van der Waals surface area contributed by atoms with Gasteiger partial charge in [-0.3, -0.25) is 0 Å². The molecule has 1 unspecified atom stereocenters. The Balaban J connectivity index is 2.30. The summed E-state index contributed by atoms with van der Waals surface area (Å²) in [6, 6.07) is 13.6. The summed E-state index contributed by atoms with van der Waals surface area (Å²) >= 11 is 9.70. The van der Waals surface area contributed by atoms with Crippen LogP contribution in [0.5, 0.6) is 11.5 Å². The number of halogens is 2. The predicted molar refractivity (Wildman–Crippen MR) is 87.6 cm³/mol. The number of hydrogen-bond acceptors (Lipinski definition) is 2. The number of ether oxygens (including phenoxy) is 1. The molecule has 0 fully saturated rings. The van der Waals surface area contributed by atoms with Gasteiger partial charge in [0.25, 0.3) is 0 Å². The quantitative estimate of drug-likeness (QED) is 0.803. The lowest BCUT2D eigenvalue weighted by atomic mass is 10.0. The SMILES string of the molecule is CCC(N)Cc1cccc(Cl)c1Oc1cccc(Br)c1. The minimum absolute atomic E-state index is 0.110. The molecule has 2 rings (SSSR count). The van der Waals surface area contributed by atoms with Gasteiger partial charge in [0.1, 0.15) is 11.5 Å². The van der Waals surface area contributed by atoms with E-state index >= 15 is 0 Å². The van der Waals surface area contributed by atoms with E-state index in [1.54, 1.807) is 0 Å². The Morgan fingerprint density at radius 2 is 2.00 bits per heavy atom. The molecule has 0 aliphatic heterocycles. The smallest absolute Gasteiger partial charge is 0.149 e. The molecule has 0 aliphatic rings. The van der Waals surface area contributed by atoms with E-state index in [0.717, 1.165) is 28.6 Å². The van der Waals surface area contributed by atoms with Gasteiger partial charge < -0.3 is 10.5 Å². The molecule has 2 aromatic rings. The highest BCUT2D eigenvalue weighted by Crippen LogP contribution is 2.34. The number of para-hydroxylation sites is 1. The summed E-state index contributed by atoms with van der Waals surface area (Å²) in [6.07, 6.45) is 1.67. The molecule has 2 N–H and O–H groups in total. The van der Waals surface area contributed by atoms with Crippen molar-refractivity contribution in [1.82, 2.24) is 0 Å². The molecule has 2 nitrogen and oxygen atoms in total. The number of rotatable bonds is 5. The fourth-order valence-corrected chi connectivity index (χ4v) is 2.51. The van der Waals surface area contributed by atoms with Crippen molar-refractivity contribution in [2.24, 2.45) is 5.73 Å². The van der Waals surface area contributed by atoms with E-state index in [4.69, 9.17) is 22.1 Å². The number of nitrogens with two attached hydrogens (primary N) is 1. The van der Waals surface area contributed by atoms with Gasteiger partial charge in [-0.1, -0.05) is 52.7 Å². The van der Waals surface area contributed by atoms with Gasteiger partial charge in [-0.2, -0.15) is 0 Å². The molecule has 1 atom stereocenters. The molecule has 0 saturated carbocycles. The van der Waals surface area contributed by atoms with Crippen molar-refractivity contribution in [3.63, 3.8) is 0 Å². The molecule has 4 heteroatoms. The molecule has 20 heavy (non-hydrogen) atoms. The van der Waals surface area contributed by atoms with Gasteiger partial charge in [0, 0.05) is 10.5 Å². The van der Waals surface area contributed by atoms with Crippen LogP contribution in [0.15, 0.2) is 46.9 Å². The molecule has 0 saturated heterocycles. The fraction of sp³-hybridized carbons (Fsp3) is 0.250. The van der Waals surface area contributed by atoms with E-state index in [1.807, 2.05) is 42.5 Å². The topological polar surface area (TPSA) is 35.2 Å². The van der Waals surface area contributed by atoms with Crippen LogP contribution in [0.4, 0.5) is 0 Å². The van der Waals surface area contributed by atoms with Gasteiger partial charge in [0.05, 0.1) is 5.02 Å². The molecule has 0 bridgehead atoms. The average molecular weight is 355 g/mol. The standard InChI is InChI=1S/C16H17BrClNO/c1-2-13(19)9-11-5-3-8-15(18)16(11)20-14-7-4-6-12(17)10-14/h3-8,10,13H,2,9,19H2,1H3. The first-order chi connectivity index (χ1) is 9.60. The summed E-state index contributed by atoms with van der Waals surface area (Å²) in [5.74, 6) is 1.44. The second kappa shape index (κ2) is 7.11. The van der Waals surface area contributed by atoms with E-state index in [9.17, 15) is 0 Å². The minimum Gasteiger partial charge on any atom is -0.455 e. The Morgan fingerprint density at radius 3 is 2.70 bits per heavy atom. The Kier molecular flexibility index (Phi) is 5.46. The zero-order valence-electron chi connectivity index (χ0n) is 11.3. The maximum Gasteiger partial charge on any atom is 0.149 e. The largest absolute Gasteiger partial charge is 0.455 e. The van der Waals surface area contributed by atoms with Gasteiger partial charge in [-0.15, -0.1) is 0 Å². The molecule has 0 aliphatic carbocycles. The van der Waals surface area contributed by atoms with Crippen LogP contribution in [0, 0.1) is 0 Å². The number of hydrogen-bond donors (Lipinski definition) is 1. The highest BCUT2D eigenvalue weighted by atomic mass is 79.9. The lowest BCUT2D eigenvalue weighted by Gasteiger charge is -2.15. The van der Waals surface area contributed by atoms with Crippen molar-refractivity contribution in [2.45, 2.75) is 25.8 Å². The minimum atomic E-state index is 0.110. The summed E-state index contributed by atoms with van der Waals surface area (Å²) in [6.45, 7) is 2.07. The Morgan fingerprint density at radius 1 is 1.25 bits per heavy atom. The van der Waals surface area contributed by atoms with E-state index in [-0.39, 0.29) is 6.04 Å². The lowest BCUT2D eigenvalue weighted by molar-refractivity contribution is 0.472. The normalized spacial score (nSPS) is 12.2. The Labute approximate surface area is 133 Å². The Hall–Kier alpha value is -1.03. The lowest BCUT2D eigenvalue weighted by Crippen LogP contribution is -2.21. The summed E-state index contributed by atoms with van der Waals surface area (Å²) in [5, 5.41) is 0.603. The summed E-state index contributed by atoms with van der Waals surface area (Å²) < 4.78 is 6.92. The first-order valence-electron chi connectivity index (χ1n) is 6.56. The van der Waals surface area contributed by atoms with Gasteiger partial charge in [-0.05, 0) is 42.7 Å². The molecule has 0 amide bonds.